The molecule has 0 radical (unpaired) electrons. The highest BCUT2D eigenvalue weighted by atomic mass is 35.5. The van der Waals surface area contributed by atoms with E-state index >= 15 is 0 Å². The SMILES string of the molecule is Nc1ccc(Cl)cc1CSCc1ccccc1. The van der Waals surface area contributed by atoms with E-state index < -0.39 is 0 Å². The smallest absolute Gasteiger partial charge is 0.0410 e. The summed E-state index contributed by atoms with van der Waals surface area (Å²) < 4.78 is 0. The maximum Gasteiger partial charge on any atom is 0.0410 e. The highest BCUT2D eigenvalue weighted by Crippen LogP contribution is 2.24. The zero-order chi connectivity index (χ0) is 12.1. The summed E-state index contributed by atoms with van der Waals surface area (Å²) in [6, 6.07) is 16.0. The fourth-order valence-electron chi connectivity index (χ4n) is 1.55. The van der Waals surface area contributed by atoms with E-state index in [2.05, 4.69) is 24.3 Å². The summed E-state index contributed by atoms with van der Waals surface area (Å²) in [6.07, 6.45) is 0. The predicted octanol–water partition coefficient (Wildman–Crippen LogP) is 4.36. The van der Waals surface area contributed by atoms with Crippen LogP contribution in [0.3, 0.4) is 0 Å². The van der Waals surface area contributed by atoms with Crippen molar-refractivity contribution in [3.8, 4) is 0 Å². The summed E-state index contributed by atoms with van der Waals surface area (Å²) in [7, 11) is 0. The van der Waals surface area contributed by atoms with E-state index in [1.54, 1.807) is 0 Å². The summed E-state index contributed by atoms with van der Waals surface area (Å²) in [5.74, 6) is 1.88. The van der Waals surface area contributed by atoms with Gasteiger partial charge < -0.3 is 5.73 Å². The number of hydrogen-bond donors (Lipinski definition) is 1. The normalized spacial score (nSPS) is 10.4. The Morgan fingerprint density at radius 1 is 1.00 bits per heavy atom. The van der Waals surface area contributed by atoms with E-state index in [0.29, 0.717) is 0 Å². The molecule has 3 heteroatoms. The van der Waals surface area contributed by atoms with Crippen LogP contribution in [-0.2, 0) is 11.5 Å². The van der Waals surface area contributed by atoms with Crippen LogP contribution in [-0.4, -0.2) is 0 Å². The van der Waals surface area contributed by atoms with Gasteiger partial charge in [0.15, 0.2) is 0 Å². The quantitative estimate of drug-likeness (QED) is 0.830. The van der Waals surface area contributed by atoms with Gasteiger partial charge in [-0.1, -0.05) is 41.9 Å². The zero-order valence-corrected chi connectivity index (χ0v) is 11.0. The molecule has 0 aliphatic rings. The topological polar surface area (TPSA) is 26.0 Å². The van der Waals surface area contributed by atoms with E-state index in [9.17, 15) is 0 Å². The van der Waals surface area contributed by atoms with Crippen LogP contribution >= 0.6 is 23.4 Å². The van der Waals surface area contributed by atoms with Crippen LogP contribution < -0.4 is 5.73 Å². The van der Waals surface area contributed by atoms with Crippen molar-refractivity contribution in [2.45, 2.75) is 11.5 Å². The Bertz CT molecular complexity index is 485. The minimum atomic E-state index is 0.745. The van der Waals surface area contributed by atoms with Gasteiger partial charge in [0, 0.05) is 22.2 Å². The first kappa shape index (κ1) is 12.3. The molecule has 0 aliphatic heterocycles. The first-order valence-electron chi connectivity index (χ1n) is 5.41. The van der Waals surface area contributed by atoms with Crippen LogP contribution in [0.2, 0.25) is 5.02 Å². The molecule has 0 spiro atoms. The van der Waals surface area contributed by atoms with Gasteiger partial charge >= 0.3 is 0 Å². The molecule has 0 saturated carbocycles. The fourth-order valence-corrected chi connectivity index (χ4v) is 2.75. The van der Waals surface area contributed by atoms with Crippen LogP contribution in [0, 0.1) is 0 Å². The second kappa shape index (κ2) is 5.99. The molecule has 0 atom stereocenters. The molecule has 0 aliphatic carbocycles. The average Bonchev–Trinajstić information content (AvgIpc) is 2.35. The third-order valence-electron chi connectivity index (χ3n) is 2.47. The number of benzene rings is 2. The lowest BCUT2D eigenvalue weighted by atomic mass is 10.2. The Hall–Kier alpha value is -1.12. The number of rotatable bonds is 4. The van der Waals surface area contributed by atoms with Gasteiger partial charge in [-0.15, -0.1) is 0 Å². The number of hydrogen-bond acceptors (Lipinski definition) is 2. The second-order valence-corrected chi connectivity index (χ2v) is 5.24. The third-order valence-corrected chi connectivity index (χ3v) is 3.76. The van der Waals surface area contributed by atoms with Crippen LogP contribution in [0.15, 0.2) is 48.5 Å². The highest BCUT2D eigenvalue weighted by Gasteiger charge is 2.01. The zero-order valence-electron chi connectivity index (χ0n) is 9.40. The molecule has 0 unspecified atom stereocenters. The highest BCUT2D eigenvalue weighted by molar-refractivity contribution is 7.97. The van der Waals surface area contributed by atoms with Crippen molar-refractivity contribution in [3.05, 3.63) is 64.7 Å². The molecule has 0 fully saturated rings. The third kappa shape index (κ3) is 3.69. The van der Waals surface area contributed by atoms with Gasteiger partial charge in [-0.25, -0.2) is 0 Å². The lowest BCUT2D eigenvalue weighted by Crippen LogP contribution is -1.92. The molecule has 1 nitrogen and oxygen atoms in total. The van der Waals surface area contributed by atoms with Gasteiger partial charge in [0.2, 0.25) is 0 Å². The van der Waals surface area contributed by atoms with Crippen molar-refractivity contribution < 1.29 is 0 Å². The number of anilines is 1. The van der Waals surface area contributed by atoms with Crippen LogP contribution in [0.4, 0.5) is 5.69 Å². The Morgan fingerprint density at radius 3 is 2.53 bits per heavy atom. The van der Waals surface area contributed by atoms with E-state index in [-0.39, 0.29) is 0 Å². The van der Waals surface area contributed by atoms with Crippen molar-refractivity contribution in [1.82, 2.24) is 0 Å². The summed E-state index contributed by atoms with van der Waals surface area (Å²) in [5, 5.41) is 0.745. The van der Waals surface area contributed by atoms with Crippen molar-refractivity contribution in [1.29, 1.82) is 0 Å². The molecule has 2 aromatic rings. The minimum absolute atomic E-state index is 0.745. The van der Waals surface area contributed by atoms with Crippen LogP contribution in [0.25, 0.3) is 0 Å². The molecule has 0 amide bonds. The van der Waals surface area contributed by atoms with Gasteiger partial charge in [0.1, 0.15) is 0 Å². The molecule has 2 N–H and O–H groups in total. The van der Waals surface area contributed by atoms with E-state index in [1.165, 1.54) is 5.56 Å². The summed E-state index contributed by atoms with van der Waals surface area (Å²) in [4.78, 5) is 0. The summed E-state index contributed by atoms with van der Waals surface area (Å²) in [5.41, 5.74) is 9.15. The molecule has 2 rings (SSSR count). The van der Waals surface area contributed by atoms with E-state index in [1.807, 2.05) is 36.0 Å². The lowest BCUT2D eigenvalue weighted by molar-refractivity contribution is 1.37. The van der Waals surface area contributed by atoms with Gasteiger partial charge in [0.25, 0.3) is 0 Å². The molecular weight excluding hydrogens is 250 g/mol. The van der Waals surface area contributed by atoms with E-state index in [4.69, 9.17) is 17.3 Å². The standard InChI is InChI=1S/C14H14ClNS/c15-13-6-7-14(16)12(8-13)10-17-9-11-4-2-1-3-5-11/h1-8H,9-10,16H2. The monoisotopic (exact) mass is 263 g/mol. The lowest BCUT2D eigenvalue weighted by Gasteiger charge is -2.06. The number of halogens is 1. The van der Waals surface area contributed by atoms with Crippen molar-refractivity contribution in [2.24, 2.45) is 0 Å². The average molecular weight is 264 g/mol. The van der Waals surface area contributed by atoms with E-state index in [0.717, 1.165) is 27.8 Å². The Morgan fingerprint density at radius 2 is 1.76 bits per heavy atom. The van der Waals surface area contributed by atoms with Gasteiger partial charge in [0.05, 0.1) is 0 Å². The van der Waals surface area contributed by atoms with Crippen molar-refractivity contribution >= 4 is 29.1 Å². The predicted molar refractivity (Wildman–Crippen MR) is 77.3 cm³/mol. The molecule has 0 saturated heterocycles. The van der Waals surface area contributed by atoms with Crippen LogP contribution in [0.5, 0.6) is 0 Å². The van der Waals surface area contributed by atoms with Gasteiger partial charge in [-0.2, -0.15) is 11.8 Å². The Balaban J connectivity index is 1.92. The summed E-state index contributed by atoms with van der Waals surface area (Å²) in [6.45, 7) is 0. The van der Waals surface area contributed by atoms with Gasteiger partial charge in [-0.05, 0) is 29.3 Å². The molecule has 0 aromatic heterocycles. The molecule has 0 heterocycles. The molecule has 2 aromatic carbocycles. The largest absolute Gasteiger partial charge is 0.398 e. The molecular formula is C14H14ClNS. The van der Waals surface area contributed by atoms with Crippen molar-refractivity contribution in [2.75, 3.05) is 5.73 Å². The minimum Gasteiger partial charge on any atom is -0.398 e. The molecule has 17 heavy (non-hydrogen) atoms. The number of nitrogen functional groups attached to an aromatic ring is 1. The first-order chi connectivity index (χ1) is 8.25. The van der Waals surface area contributed by atoms with Gasteiger partial charge in [-0.3, -0.25) is 0 Å². The van der Waals surface area contributed by atoms with Crippen molar-refractivity contribution in [3.63, 3.8) is 0 Å². The fraction of sp³-hybridized carbons (Fsp3) is 0.143. The molecule has 0 bridgehead atoms. The first-order valence-corrected chi connectivity index (χ1v) is 6.94. The summed E-state index contributed by atoms with van der Waals surface area (Å²) >= 11 is 7.79. The second-order valence-electron chi connectivity index (χ2n) is 3.82. The number of thioether (sulfide) groups is 1. The molecule has 88 valence electrons. The van der Waals surface area contributed by atoms with Crippen LogP contribution in [0.1, 0.15) is 11.1 Å². The Kier molecular flexibility index (Phi) is 4.35. The Labute approximate surface area is 111 Å². The number of nitrogens with two attached hydrogens (primary N) is 1. The maximum atomic E-state index is 5.95. The maximum absolute atomic E-state index is 5.95.